The Kier molecular flexibility index (Phi) is 7.73. The molecule has 1 aromatic carbocycles. The van der Waals surface area contributed by atoms with Crippen molar-refractivity contribution < 1.29 is 9.53 Å². The first-order chi connectivity index (χ1) is 11.3. The van der Waals surface area contributed by atoms with Gasteiger partial charge < -0.3 is 20.3 Å². The average Bonchev–Trinajstić information content (AvgIpc) is 2.59. The highest BCUT2D eigenvalue weighted by atomic mass is 16.5. The number of rotatable bonds is 8. The maximum atomic E-state index is 11.8. The second-order valence-corrected chi connectivity index (χ2v) is 6.03. The number of carbonyl (C=O) groups excluding carboxylic acids is 1. The van der Waals surface area contributed by atoms with E-state index in [1.165, 1.54) is 24.9 Å². The van der Waals surface area contributed by atoms with Gasteiger partial charge in [0.25, 0.3) is 0 Å². The summed E-state index contributed by atoms with van der Waals surface area (Å²) in [7, 11) is 1.71. The Morgan fingerprint density at radius 3 is 2.52 bits per heavy atom. The van der Waals surface area contributed by atoms with Crippen LogP contribution in [0, 0.1) is 0 Å². The van der Waals surface area contributed by atoms with Gasteiger partial charge in [-0.1, -0.05) is 0 Å². The Morgan fingerprint density at radius 2 is 1.83 bits per heavy atom. The van der Waals surface area contributed by atoms with Crippen LogP contribution in [0.1, 0.15) is 38.5 Å². The first-order valence-corrected chi connectivity index (χ1v) is 8.68. The molecule has 0 saturated carbocycles. The molecule has 5 heteroatoms. The molecule has 1 aliphatic heterocycles. The van der Waals surface area contributed by atoms with Crippen molar-refractivity contribution in [3.63, 3.8) is 0 Å². The van der Waals surface area contributed by atoms with Crippen LogP contribution in [0.4, 0.5) is 16.2 Å². The van der Waals surface area contributed by atoms with Gasteiger partial charge in [0.15, 0.2) is 0 Å². The third kappa shape index (κ3) is 6.48. The van der Waals surface area contributed by atoms with E-state index in [0.717, 1.165) is 44.6 Å². The van der Waals surface area contributed by atoms with Gasteiger partial charge >= 0.3 is 6.03 Å². The van der Waals surface area contributed by atoms with Crippen LogP contribution < -0.4 is 15.5 Å². The predicted molar refractivity (Wildman–Crippen MR) is 95.3 cm³/mol. The molecule has 2 N–H and O–H groups in total. The molecule has 23 heavy (non-hydrogen) atoms. The topological polar surface area (TPSA) is 53.6 Å². The number of ether oxygens (including phenoxy) is 1. The molecule has 2 amide bonds. The Balaban J connectivity index is 1.67. The largest absolute Gasteiger partial charge is 0.385 e. The number of carbonyl (C=O) groups is 1. The fourth-order valence-electron chi connectivity index (χ4n) is 2.83. The van der Waals surface area contributed by atoms with Crippen molar-refractivity contribution in [2.24, 2.45) is 0 Å². The van der Waals surface area contributed by atoms with Crippen LogP contribution in [0.3, 0.4) is 0 Å². The van der Waals surface area contributed by atoms with Crippen molar-refractivity contribution in [3.8, 4) is 0 Å². The lowest BCUT2D eigenvalue weighted by molar-refractivity contribution is 0.192. The molecule has 1 aromatic rings. The lowest BCUT2D eigenvalue weighted by atomic mass is 10.1. The van der Waals surface area contributed by atoms with Crippen LogP contribution in [-0.2, 0) is 4.74 Å². The molecule has 0 radical (unpaired) electrons. The summed E-state index contributed by atoms with van der Waals surface area (Å²) >= 11 is 0. The molecule has 1 heterocycles. The summed E-state index contributed by atoms with van der Waals surface area (Å²) in [4.78, 5) is 14.2. The third-order valence-electron chi connectivity index (χ3n) is 4.16. The van der Waals surface area contributed by atoms with Gasteiger partial charge in [0.2, 0.25) is 0 Å². The van der Waals surface area contributed by atoms with E-state index in [0.29, 0.717) is 6.54 Å². The Labute approximate surface area is 139 Å². The third-order valence-corrected chi connectivity index (χ3v) is 4.16. The highest BCUT2D eigenvalue weighted by molar-refractivity contribution is 5.89. The predicted octanol–water partition coefficient (Wildman–Crippen LogP) is 3.62. The number of anilines is 2. The minimum Gasteiger partial charge on any atom is -0.385 e. The van der Waals surface area contributed by atoms with E-state index >= 15 is 0 Å². The van der Waals surface area contributed by atoms with E-state index in [1.54, 1.807) is 7.11 Å². The molecular weight excluding hydrogens is 290 g/mol. The molecule has 0 spiro atoms. The number of nitrogens with zero attached hydrogens (tertiary/aromatic N) is 1. The van der Waals surface area contributed by atoms with Crippen LogP contribution in [0.15, 0.2) is 24.3 Å². The number of methoxy groups -OCH3 is 1. The number of hydrogen-bond acceptors (Lipinski definition) is 3. The normalized spacial score (nSPS) is 14.6. The van der Waals surface area contributed by atoms with E-state index < -0.39 is 0 Å². The summed E-state index contributed by atoms with van der Waals surface area (Å²) in [6.45, 7) is 3.75. The van der Waals surface area contributed by atoms with Crippen molar-refractivity contribution in [1.82, 2.24) is 5.32 Å². The van der Waals surface area contributed by atoms with Gasteiger partial charge in [-0.25, -0.2) is 4.79 Å². The van der Waals surface area contributed by atoms with Crippen molar-refractivity contribution in [1.29, 1.82) is 0 Å². The quantitative estimate of drug-likeness (QED) is 0.720. The second-order valence-electron chi connectivity index (χ2n) is 6.03. The van der Waals surface area contributed by atoms with Crippen molar-refractivity contribution >= 4 is 17.4 Å². The lowest BCUT2D eigenvalue weighted by Crippen LogP contribution is -2.30. The number of piperidine rings is 1. The zero-order chi connectivity index (χ0) is 16.3. The minimum atomic E-state index is -0.137. The summed E-state index contributed by atoms with van der Waals surface area (Å²) in [6.07, 6.45) is 6.96. The minimum absolute atomic E-state index is 0.137. The summed E-state index contributed by atoms with van der Waals surface area (Å²) < 4.78 is 5.00. The summed E-state index contributed by atoms with van der Waals surface area (Å²) in [5.41, 5.74) is 2.08. The fourth-order valence-corrected chi connectivity index (χ4v) is 2.83. The van der Waals surface area contributed by atoms with Gasteiger partial charge in [0.05, 0.1) is 0 Å². The molecule has 5 nitrogen and oxygen atoms in total. The molecule has 0 atom stereocenters. The average molecular weight is 319 g/mol. The molecule has 2 rings (SSSR count). The smallest absolute Gasteiger partial charge is 0.319 e. The summed E-state index contributed by atoms with van der Waals surface area (Å²) in [5.74, 6) is 0. The first-order valence-electron chi connectivity index (χ1n) is 8.68. The lowest BCUT2D eigenvalue weighted by Gasteiger charge is -2.28. The van der Waals surface area contributed by atoms with Gasteiger partial charge in [-0.05, 0) is 62.8 Å². The molecule has 0 aliphatic carbocycles. The molecule has 128 valence electrons. The van der Waals surface area contributed by atoms with Crippen LogP contribution in [0.5, 0.6) is 0 Å². The molecular formula is C18H29N3O2. The van der Waals surface area contributed by atoms with Gasteiger partial charge in [0.1, 0.15) is 0 Å². The molecule has 0 unspecified atom stereocenters. The van der Waals surface area contributed by atoms with Crippen molar-refractivity contribution in [2.75, 3.05) is 43.6 Å². The molecule has 1 aliphatic rings. The second kappa shape index (κ2) is 10.1. The maximum Gasteiger partial charge on any atom is 0.319 e. The molecule has 0 bridgehead atoms. The SMILES string of the molecule is COCCCCCNC(=O)Nc1ccc(N2CCCCC2)cc1. The number of hydrogen-bond donors (Lipinski definition) is 2. The number of unbranched alkanes of at least 4 members (excludes halogenated alkanes) is 2. The monoisotopic (exact) mass is 319 g/mol. The molecule has 1 fully saturated rings. The van der Waals surface area contributed by atoms with Gasteiger partial charge in [-0.3, -0.25) is 0 Å². The van der Waals surface area contributed by atoms with Crippen LogP contribution in [0.2, 0.25) is 0 Å². The highest BCUT2D eigenvalue weighted by Crippen LogP contribution is 2.21. The van der Waals surface area contributed by atoms with E-state index in [4.69, 9.17) is 4.74 Å². The number of nitrogens with one attached hydrogen (secondary N) is 2. The van der Waals surface area contributed by atoms with Gasteiger partial charge in [0, 0.05) is 44.7 Å². The van der Waals surface area contributed by atoms with Crippen LogP contribution >= 0.6 is 0 Å². The fraction of sp³-hybridized carbons (Fsp3) is 0.611. The number of benzene rings is 1. The highest BCUT2D eigenvalue weighted by Gasteiger charge is 2.10. The van der Waals surface area contributed by atoms with E-state index in [1.807, 2.05) is 12.1 Å². The zero-order valence-corrected chi connectivity index (χ0v) is 14.1. The molecule has 1 saturated heterocycles. The zero-order valence-electron chi connectivity index (χ0n) is 14.1. The summed E-state index contributed by atoms with van der Waals surface area (Å²) in [5, 5.41) is 5.77. The van der Waals surface area contributed by atoms with Crippen LogP contribution in [0.25, 0.3) is 0 Å². The van der Waals surface area contributed by atoms with E-state index in [2.05, 4.69) is 27.7 Å². The first kappa shape index (κ1) is 17.6. The van der Waals surface area contributed by atoms with E-state index in [9.17, 15) is 4.79 Å². The Morgan fingerprint density at radius 1 is 1.09 bits per heavy atom. The number of urea groups is 1. The van der Waals surface area contributed by atoms with E-state index in [-0.39, 0.29) is 6.03 Å². The maximum absolute atomic E-state index is 11.8. The van der Waals surface area contributed by atoms with Gasteiger partial charge in [-0.15, -0.1) is 0 Å². The van der Waals surface area contributed by atoms with Crippen molar-refractivity contribution in [2.45, 2.75) is 38.5 Å². The van der Waals surface area contributed by atoms with Crippen molar-refractivity contribution in [3.05, 3.63) is 24.3 Å². The summed E-state index contributed by atoms with van der Waals surface area (Å²) in [6, 6.07) is 7.99. The van der Waals surface area contributed by atoms with Crippen LogP contribution in [-0.4, -0.2) is 39.4 Å². The number of amides is 2. The standard InChI is InChI=1S/C18H29N3O2/c1-23-15-7-2-4-12-19-18(22)20-16-8-10-17(11-9-16)21-13-5-3-6-14-21/h8-11H,2-7,12-15H2,1H3,(H2,19,20,22). The molecule has 0 aromatic heterocycles. The Hall–Kier alpha value is -1.75. The Bertz CT molecular complexity index is 456. The van der Waals surface area contributed by atoms with Gasteiger partial charge in [-0.2, -0.15) is 0 Å².